The van der Waals surface area contributed by atoms with E-state index in [-0.39, 0.29) is 6.10 Å². The van der Waals surface area contributed by atoms with E-state index in [1.807, 2.05) is 6.07 Å². The van der Waals surface area contributed by atoms with Crippen LogP contribution in [0.4, 0.5) is 17.2 Å². The molecule has 5 rings (SSSR count). The van der Waals surface area contributed by atoms with Crippen LogP contribution in [0.3, 0.4) is 0 Å². The van der Waals surface area contributed by atoms with Crippen molar-refractivity contribution < 1.29 is 9.84 Å². The number of piperazine rings is 1. The lowest BCUT2D eigenvalue weighted by atomic mass is 9.84. The zero-order valence-corrected chi connectivity index (χ0v) is 25.8. The number of benzene rings is 1. The first-order valence-electron chi connectivity index (χ1n) is 16.1. The SMILES string of the molecule is CCc1nc(C#N)c(Nc2ccc(N3CCC(N4CCN(C)CC4)CC3)cc2OC)nc1CCCC1CCC(O)CC1. The van der Waals surface area contributed by atoms with Crippen molar-refractivity contribution in [1.82, 2.24) is 19.8 Å². The summed E-state index contributed by atoms with van der Waals surface area (Å²) < 4.78 is 5.81. The molecule has 1 saturated carbocycles. The molecule has 9 heteroatoms. The Balaban J connectivity index is 1.24. The molecule has 1 aliphatic carbocycles. The van der Waals surface area contributed by atoms with E-state index in [9.17, 15) is 10.4 Å². The molecule has 9 nitrogen and oxygen atoms in total. The fourth-order valence-electron chi connectivity index (χ4n) is 6.93. The number of aliphatic hydroxyl groups excluding tert-OH is 1. The number of hydrogen-bond donors (Lipinski definition) is 2. The number of hydrogen-bond acceptors (Lipinski definition) is 9. The summed E-state index contributed by atoms with van der Waals surface area (Å²) in [4.78, 5) is 17.2. The molecule has 2 N–H and O–H groups in total. The number of ether oxygens (including phenoxy) is 1. The van der Waals surface area contributed by atoms with Crippen LogP contribution < -0.4 is 15.0 Å². The predicted molar refractivity (Wildman–Crippen MR) is 168 cm³/mol. The van der Waals surface area contributed by atoms with Gasteiger partial charge in [0.05, 0.1) is 30.3 Å². The number of aryl methyl sites for hydroxylation is 2. The van der Waals surface area contributed by atoms with Gasteiger partial charge in [-0.15, -0.1) is 0 Å². The van der Waals surface area contributed by atoms with Crippen molar-refractivity contribution in [2.45, 2.75) is 83.3 Å². The minimum absolute atomic E-state index is 0.114. The van der Waals surface area contributed by atoms with Gasteiger partial charge in [-0.2, -0.15) is 5.26 Å². The Morgan fingerprint density at radius 1 is 1.00 bits per heavy atom. The third-order valence-corrected chi connectivity index (χ3v) is 9.66. The summed E-state index contributed by atoms with van der Waals surface area (Å²) in [5, 5.41) is 23.1. The zero-order valence-electron chi connectivity index (χ0n) is 25.8. The van der Waals surface area contributed by atoms with Gasteiger partial charge >= 0.3 is 0 Å². The van der Waals surface area contributed by atoms with E-state index >= 15 is 0 Å². The van der Waals surface area contributed by atoms with Gasteiger partial charge in [-0.25, -0.2) is 9.97 Å². The van der Waals surface area contributed by atoms with E-state index in [4.69, 9.17) is 14.7 Å². The number of aliphatic hydroxyl groups is 1. The normalized spacial score (nSPS) is 22.6. The van der Waals surface area contributed by atoms with E-state index in [1.165, 1.54) is 39.0 Å². The maximum absolute atomic E-state index is 9.89. The number of piperidine rings is 1. The number of likely N-dealkylation sites (N-methyl/N-ethyl adjacent to an activating group) is 1. The van der Waals surface area contributed by atoms with Crippen LogP contribution >= 0.6 is 0 Å². The highest BCUT2D eigenvalue weighted by Crippen LogP contribution is 2.34. The van der Waals surface area contributed by atoms with Crippen LogP contribution in [-0.4, -0.2) is 90.4 Å². The largest absolute Gasteiger partial charge is 0.494 e. The van der Waals surface area contributed by atoms with Gasteiger partial charge in [-0.1, -0.05) is 13.3 Å². The molecule has 0 spiro atoms. The molecule has 2 aliphatic heterocycles. The van der Waals surface area contributed by atoms with Crippen LogP contribution in [-0.2, 0) is 12.8 Å². The van der Waals surface area contributed by atoms with Crippen LogP contribution in [0.25, 0.3) is 0 Å². The molecule has 0 radical (unpaired) electrons. The second-order valence-electron chi connectivity index (χ2n) is 12.4. The van der Waals surface area contributed by atoms with Crippen molar-refractivity contribution in [3.05, 3.63) is 35.3 Å². The highest BCUT2D eigenvalue weighted by molar-refractivity contribution is 5.71. The van der Waals surface area contributed by atoms with Gasteiger partial charge in [0.1, 0.15) is 11.8 Å². The smallest absolute Gasteiger partial charge is 0.183 e. The van der Waals surface area contributed by atoms with Crippen LogP contribution in [0, 0.1) is 17.2 Å². The highest BCUT2D eigenvalue weighted by Gasteiger charge is 2.27. The Morgan fingerprint density at radius 3 is 2.40 bits per heavy atom. The minimum atomic E-state index is -0.114. The van der Waals surface area contributed by atoms with Crippen molar-refractivity contribution in [1.29, 1.82) is 5.26 Å². The molecule has 2 aromatic rings. The Morgan fingerprint density at radius 2 is 1.74 bits per heavy atom. The van der Waals surface area contributed by atoms with Crippen molar-refractivity contribution in [2.24, 2.45) is 5.92 Å². The lowest BCUT2D eigenvalue weighted by Crippen LogP contribution is -2.52. The van der Waals surface area contributed by atoms with Gasteiger partial charge in [-0.3, -0.25) is 4.90 Å². The van der Waals surface area contributed by atoms with Gasteiger partial charge in [0, 0.05) is 57.1 Å². The molecule has 0 atom stereocenters. The summed E-state index contributed by atoms with van der Waals surface area (Å²) in [6, 6.07) is 9.20. The molecular formula is C33H49N7O2. The van der Waals surface area contributed by atoms with Crippen molar-refractivity contribution >= 4 is 17.2 Å². The van der Waals surface area contributed by atoms with Crippen LogP contribution in [0.15, 0.2) is 18.2 Å². The second kappa shape index (κ2) is 14.5. The van der Waals surface area contributed by atoms with Gasteiger partial charge in [0.25, 0.3) is 0 Å². The third kappa shape index (κ3) is 7.52. The number of rotatable bonds is 10. The van der Waals surface area contributed by atoms with E-state index in [1.54, 1.807) is 7.11 Å². The van der Waals surface area contributed by atoms with Crippen LogP contribution in [0.1, 0.15) is 75.4 Å². The van der Waals surface area contributed by atoms with Crippen LogP contribution in [0.5, 0.6) is 5.75 Å². The summed E-state index contributed by atoms with van der Waals surface area (Å²) >= 11 is 0. The molecule has 0 bridgehead atoms. The fraction of sp³-hybridized carbons (Fsp3) is 0.667. The highest BCUT2D eigenvalue weighted by atomic mass is 16.5. The summed E-state index contributed by atoms with van der Waals surface area (Å²) in [6.07, 6.45) is 10.1. The first-order chi connectivity index (χ1) is 20.5. The number of aromatic nitrogens is 2. The van der Waals surface area contributed by atoms with E-state index in [0.717, 1.165) is 93.0 Å². The summed E-state index contributed by atoms with van der Waals surface area (Å²) in [6.45, 7) is 8.84. The summed E-state index contributed by atoms with van der Waals surface area (Å²) in [5.74, 6) is 1.91. The molecule has 0 amide bonds. The number of nitrogens with zero attached hydrogens (tertiary/aromatic N) is 6. The second-order valence-corrected chi connectivity index (χ2v) is 12.4. The van der Waals surface area contributed by atoms with Gasteiger partial charge < -0.3 is 25.0 Å². The van der Waals surface area contributed by atoms with E-state index in [0.29, 0.717) is 23.5 Å². The molecule has 2 saturated heterocycles. The van der Waals surface area contributed by atoms with Gasteiger partial charge in [0.2, 0.25) is 0 Å². The standard InChI is InChI=1S/C33H49N7O2/c1-4-28-29(7-5-6-24-8-11-27(41)12-9-24)36-33(31(23-34)35-28)37-30-13-10-26(22-32(30)42-3)39-16-14-25(15-17-39)40-20-18-38(2)19-21-40/h10,13,22,24-25,27,41H,4-9,11-12,14-21H2,1-3H3,(H,36,37). The quantitative estimate of drug-likeness (QED) is 0.416. The molecule has 42 heavy (non-hydrogen) atoms. The molecule has 228 valence electrons. The lowest BCUT2D eigenvalue weighted by molar-refractivity contribution is 0.0982. The predicted octanol–water partition coefficient (Wildman–Crippen LogP) is 4.75. The summed E-state index contributed by atoms with van der Waals surface area (Å²) in [7, 11) is 3.90. The van der Waals surface area contributed by atoms with Gasteiger partial charge in [-0.05, 0) is 82.9 Å². The first kappa shape index (κ1) is 30.5. The Labute approximate surface area is 251 Å². The molecule has 3 fully saturated rings. The molecule has 1 aromatic carbocycles. The van der Waals surface area contributed by atoms with E-state index < -0.39 is 0 Å². The third-order valence-electron chi connectivity index (χ3n) is 9.66. The first-order valence-corrected chi connectivity index (χ1v) is 16.1. The maximum Gasteiger partial charge on any atom is 0.183 e. The fourth-order valence-corrected chi connectivity index (χ4v) is 6.93. The zero-order chi connectivity index (χ0) is 29.5. The molecular weight excluding hydrogens is 526 g/mol. The van der Waals surface area contributed by atoms with Crippen molar-refractivity contribution in [3.63, 3.8) is 0 Å². The van der Waals surface area contributed by atoms with E-state index in [2.05, 4.69) is 52.2 Å². The maximum atomic E-state index is 9.89. The van der Waals surface area contributed by atoms with Crippen LogP contribution in [0.2, 0.25) is 0 Å². The monoisotopic (exact) mass is 575 g/mol. The van der Waals surface area contributed by atoms with Gasteiger partial charge in [0.15, 0.2) is 11.5 Å². The Hall–Kier alpha value is -2.93. The summed E-state index contributed by atoms with van der Waals surface area (Å²) in [5.41, 5.74) is 4.13. The Kier molecular flexibility index (Phi) is 10.5. The van der Waals surface area contributed by atoms with Crippen molar-refractivity contribution in [3.8, 4) is 11.8 Å². The molecule has 1 aromatic heterocycles. The lowest BCUT2D eigenvalue weighted by Gasteiger charge is -2.42. The Bertz CT molecular complexity index is 1210. The molecule has 3 heterocycles. The average molecular weight is 576 g/mol. The topological polar surface area (TPSA) is 101 Å². The number of anilines is 3. The molecule has 3 aliphatic rings. The van der Waals surface area contributed by atoms with Crippen molar-refractivity contribution in [2.75, 3.05) is 63.6 Å². The average Bonchev–Trinajstić information content (AvgIpc) is 3.03. The molecule has 0 unspecified atom stereocenters. The number of nitrogens with one attached hydrogen (secondary N) is 1. The number of nitriles is 1. The minimum Gasteiger partial charge on any atom is -0.494 e. The number of methoxy groups -OCH3 is 1.